The Labute approximate surface area is 107 Å². The van der Waals surface area contributed by atoms with Gasteiger partial charge < -0.3 is 14.6 Å². The Morgan fingerprint density at radius 1 is 1.39 bits per heavy atom. The first-order valence-electron chi connectivity index (χ1n) is 5.91. The zero-order valence-electron chi connectivity index (χ0n) is 11.5. The third-order valence-electron chi connectivity index (χ3n) is 2.79. The molecule has 1 fully saturated rings. The van der Waals surface area contributed by atoms with Crippen molar-refractivity contribution in [3.63, 3.8) is 0 Å². The molecule has 6 heteroatoms. The molecular weight excluding hydrogens is 238 g/mol. The number of carbonyl (C=O) groups excluding carboxylic acids is 2. The Balaban J connectivity index is 2.92. The van der Waals surface area contributed by atoms with Crippen molar-refractivity contribution < 1.29 is 24.2 Å². The fourth-order valence-electron chi connectivity index (χ4n) is 1.99. The molecule has 1 saturated heterocycles. The van der Waals surface area contributed by atoms with Gasteiger partial charge in [-0.15, -0.1) is 0 Å². The van der Waals surface area contributed by atoms with Gasteiger partial charge in [0.25, 0.3) is 0 Å². The van der Waals surface area contributed by atoms with Gasteiger partial charge in [-0.05, 0) is 40.5 Å². The van der Waals surface area contributed by atoms with E-state index in [1.807, 2.05) is 0 Å². The molecule has 1 amide bonds. The van der Waals surface area contributed by atoms with E-state index in [1.54, 1.807) is 20.8 Å². The lowest BCUT2D eigenvalue weighted by atomic mass is 10.2. The summed E-state index contributed by atoms with van der Waals surface area (Å²) in [5, 5.41) is 10.2. The molecular formula is C12H21NO5. The summed E-state index contributed by atoms with van der Waals surface area (Å²) in [5.74, 6) is -0.543. The maximum atomic E-state index is 12.0. The van der Waals surface area contributed by atoms with Crippen LogP contribution in [0.3, 0.4) is 0 Å². The summed E-state index contributed by atoms with van der Waals surface area (Å²) < 4.78 is 9.84. The predicted octanol–water partition coefficient (Wildman–Crippen LogP) is 1.27. The Hall–Kier alpha value is -1.30. The summed E-state index contributed by atoms with van der Waals surface area (Å²) in [7, 11) is 1.25. The van der Waals surface area contributed by atoms with Gasteiger partial charge in [0.2, 0.25) is 0 Å². The Kier molecular flexibility index (Phi) is 3.90. The third kappa shape index (κ3) is 3.13. The molecule has 1 rings (SSSR count). The molecule has 104 valence electrons. The number of ether oxygens (including phenoxy) is 2. The number of amides is 1. The summed E-state index contributed by atoms with van der Waals surface area (Å²) in [6.07, 6.45) is -0.0364. The minimum absolute atomic E-state index is 0.312. The normalized spacial score (nSPS) is 28.1. The molecule has 1 aliphatic heterocycles. The lowest BCUT2D eigenvalue weighted by Crippen LogP contribution is -2.53. The SMILES string of the molecule is COC(=O)C1CCC(C)(O)N1C(=O)OC(C)(C)C. The number of carbonyl (C=O) groups is 2. The molecule has 0 aromatic heterocycles. The van der Waals surface area contributed by atoms with Crippen molar-refractivity contribution in [2.24, 2.45) is 0 Å². The summed E-state index contributed by atoms with van der Waals surface area (Å²) in [6, 6.07) is -0.792. The molecule has 1 N–H and O–H groups in total. The van der Waals surface area contributed by atoms with Gasteiger partial charge in [0.05, 0.1) is 7.11 Å². The largest absolute Gasteiger partial charge is 0.467 e. The molecule has 0 bridgehead atoms. The molecule has 0 saturated carbocycles. The zero-order chi connectivity index (χ0) is 14.1. The number of hydrogen-bond donors (Lipinski definition) is 1. The van der Waals surface area contributed by atoms with Crippen molar-refractivity contribution in [1.29, 1.82) is 0 Å². The van der Waals surface area contributed by atoms with E-state index >= 15 is 0 Å². The van der Waals surface area contributed by atoms with Crippen LogP contribution in [-0.4, -0.2) is 46.5 Å². The summed E-state index contributed by atoms with van der Waals surface area (Å²) in [6.45, 7) is 6.66. The van der Waals surface area contributed by atoms with E-state index in [9.17, 15) is 14.7 Å². The van der Waals surface area contributed by atoms with Crippen molar-refractivity contribution in [3.05, 3.63) is 0 Å². The predicted molar refractivity (Wildman–Crippen MR) is 63.7 cm³/mol. The molecule has 0 radical (unpaired) electrons. The Morgan fingerprint density at radius 3 is 2.39 bits per heavy atom. The molecule has 1 aliphatic rings. The molecule has 1 heterocycles. The van der Waals surface area contributed by atoms with Gasteiger partial charge in [0.15, 0.2) is 0 Å². The van der Waals surface area contributed by atoms with Crippen LogP contribution in [0.25, 0.3) is 0 Å². The maximum Gasteiger partial charge on any atom is 0.413 e. The van der Waals surface area contributed by atoms with E-state index in [0.717, 1.165) is 4.90 Å². The smallest absolute Gasteiger partial charge is 0.413 e. The maximum absolute atomic E-state index is 12.0. The van der Waals surface area contributed by atoms with Gasteiger partial charge in [-0.25, -0.2) is 9.59 Å². The molecule has 18 heavy (non-hydrogen) atoms. The minimum Gasteiger partial charge on any atom is -0.467 e. The number of rotatable bonds is 1. The number of aliphatic hydroxyl groups is 1. The summed E-state index contributed by atoms with van der Waals surface area (Å²) in [5.41, 5.74) is -2.07. The fourth-order valence-corrected chi connectivity index (χ4v) is 1.99. The Bertz CT molecular complexity index is 345. The highest BCUT2D eigenvalue weighted by Crippen LogP contribution is 2.33. The van der Waals surface area contributed by atoms with E-state index in [1.165, 1.54) is 14.0 Å². The van der Waals surface area contributed by atoms with Gasteiger partial charge >= 0.3 is 12.1 Å². The van der Waals surface area contributed by atoms with Crippen molar-refractivity contribution in [2.75, 3.05) is 7.11 Å². The van der Waals surface area contributed by atoms with Gasteiger partial charge in [0, 0.05) is 0 Å². The van der Waals surface area contributed by atoms with Crippen LogP contribution >= 0.6 is 0 Å². The first kappa shape index (κ1) is 14.8. The van der Waals surface area contributed by atoms with Crippen molar-refractivity contribution in [1.82, 2.24) is 4.90 Å². The lowest BCUT2D eigenvalue weighted by molar-refractivity contribution is -0.152. The van der Waals surface area contributed by atoms with Gasteiger partial charge in [0.1, 0.15) is 17.4 Å². The second-order valence-electron chi connectivity index (χ2n) is 5.64. The van der Waals surface area contributed by atoms with Crippen LogP contribution in [0.4, 0.5) is 4.79 Å². The molecule has 0 spiro atoms. The Morgan fingerprint density at radius 2 is 1.94 bits per heavy atom. The second kappa shape index (κ2) is 4.76. The second-order valence-corrected chi connectivity index (χ2v) is 5.64. The van der Waals surface area contributed by atoms with Crippen LogP contribution in [0.5, 0.6) is 0 Å². The highest BCUT2D eigenvalue weighted by atomic mass is 16.6. The van der Waals surface area contributed by atoms with E-state index in [-0.39, 0.29) is 0 Å². The van der Waals surface area contributed by atoms with E-state index in [4.69, 9.17) is 4.74 Å². The van der Waals surface area contributed by atoms with Crippen LogP contribution in [0.1, 0.15) is 40.5 Å². The highest BCUT2D eigenvalue weighted by Gasteiger charge is 2.49. The first-order chi connectivity index (χ1) is 8.08. The summed E-state index contributed by atoms with van der Waals surface area (Å²) >= 11 is 0. The van der Waals surface area contributed by atoms with E-state index in [2.05, 4.69) is 4.74 Å². The van der Waals surface area contributed by atoms with Gasteiger partial charge in [-0.3, -0.25) is 4.90 Å². The number of esters is 1. The molecule has 6 nitrogen and oxygen atoms in total. The van der Waals surface area contributed by atoms with Crippen LogP contribution in [0.15, 0.2) is 0 Å². The van der Waals surface area contributed by atoms with Crippen LogP contribution in [0.2, 0.25) is 0 Å². The average molecular weight is 259 g/mol. The number of hydrogen-bond acceptors (Lipinski definition) is 5. The lowest BCUT2D eigenvalue weighted by Gasteiger charge is -2.34. The topological polar surface area (TPSA) is 76.1 Å². The number of methoxy groups -OCH3 is 1. The third-order valence-corrected chi connectivity index (χ3v) is 2.79. The quantitative estimate of drug-likeness (QED) is 0.718. The van der Waals surface area contributed by atoms with Crippen LogP contribution in [0, 0.1) is 0 Å². The van der Waals surface area contributed by atoms with Gasteiger partial charge in [-0.2, -0.15) is 0 Å². The average Bonchev–Trinajstić information content (AvgIpc) is 2.50. The molecule has 0 aliphatic carbocycles. The molecule has 2 unspecified atom stereocenters. The van der Waals surface area contributed by atoms with Crippen molar-refractivity contribution >= 4 is 12.1 Å². The zero-order valence-corrected chi connectivity index (χ0v) is 11.5. The molecule has 0 aromatic carbocycles. The first-order valence-corrected chi connectivity index (χ1v) is 5.91. The van der Waals surface area contributed by atoms with Crippen LogP contribution in [-0.2, 0) is 14.3 Å². The van der Waals surface area contributed by atoms with E-state index in [0.29, 0.717) is 12.8 Å². The van der Waals surface area contributed by atoms with Gasteiger partial charge in [-0.1, -0.05) is 0 Å². The number of nitrogens with zero attached hydrogens (tertiary/aromatic N) is 1. The highest BCUT2D eigenvalue weighted by molar-refractivity contribution is 5.82. The van der Waals surface area contributed by atoms with Crippen LogP contribution < -0.4 is 0 Å². The van der Waals surface area contributed by atoms with E-state index < -0.39 is 29.4 Å². The minimum atomic E-state index is -1.39. The standard InChI is InChI=1S/C12H21NO5/c1-11(2,3)18-10(15)13-8(9(14)17-5)6-7-12(13,4)16/h8,16H,6-7H2,1-5H3. The number of likely N-dealkylation sites (tertiary alicyclic amines) is 1. The fraction of sp³-hybridized carbons (Fsp3) is 0.833. The monoisotopic (exact) mass is 259 g/mol. The van der Waals surface area contributed by atoms with Crippen molar-refractivity contribution in [3.8, 4) is 0 Å². The molecule has 0 aromatic rings. The summed E-state index contributed by atoms with van der Waals surface area (Å²) in [4.78, 5) is 24.7. The molecule has 2 atom stereocenters. The van der Waals surface area contributed by atoms with Crippen molar-refractivity contribution in [2.45, 2.75) is 57.9 Å².